The summed E-state index contributed by atoms with van der Waals surface area (Å²) in [6.45, 7) is 1.90. The van der Waals surface area contributed by atoms with Crippen molar-refractivity contribution in [2.24, 2.45) is 5.73 Å². The third-order valence-corrected chi connectivity index (χ3v) is 3.58. The van der Waals surface area contributed by atoms with E-state index in [0.29, 0.717) is 5.75 Å². The van der Waals surface area contributed by atoms with Crippen LogP contribution in [0.15, 0.2) is 54.6 Å². The fourth-order valence-electron chi connectivity index (χ4n) is 1.87. The van der Waals surface area contributed by atoms with Crippen LogP contribution in [0.1, 0.15) is 6.92 Å². The van der Waals surface area contributed by atoms with Gasteiger partial charge in [-0.15, -0.1) is 0 Å². The lowest BCUT2D eigenvalue weighted by atomic mass is 10.0. The Morgan fingerprint density at radius 1 is 1.10 bits per heavy atom. The second kappa shape index (κ2) is 6.41. The van der Waals surface area contributed by atoms with Gasteiger partial charge >= 0.3 is 0 Å². The second-order valence-corrected chi connectivity index (χ2v) is 5.13. The van der Waals surface area contributed by atoms with Crippen molar-refractivity contribution >= 4 is 5.91 Å². The van der Waals surface area contributed by atoms with Crippen molar-refractivity contribution in [1.29, 1.82) is 0 Å². The predicted molar refractivity (Wildman–Crippen MR) is 84.0 cm³/mol. The Kier molecular flexibility index (Phi) is 4.60. The van der Waals surface area contributed by atoms with Gasteiger partial charge in [0.25, 0.3) is 0 Å². The van der Waals surface area contributed by atoms with E-state index in [4.69, 9.17) is 10.5 Å². The lowest BCUT2D eigenvalue weighted by molar-refractivity contribution is -0.124. The van der Waals surface area contributed by atoms with Gasteiger partial charge in [0.2, 0.25) is 5.91 Å². The lowest BCUT2D eigenvalue weighted by Crippen LogP contribution is -2.55. The Morgan fingerprint density at radius 2 is 1.67 bits per heavy atom. The van der Waals surface area contributed by atoms with Crippen LogP contribution < -0.4 is 15.8 Å². The van der Waals surface area contributed by atoms with Gasteiger partial charge in [-0.2, -0.15) is 0 Å². The van der Waals surface area contributed by atoms with Crippen LogP contribution in [0.4, 0.5) is 0 Å². The minimum atomic E-state index is -0.877. The fraction of sp³-hybridized carbons (Fsp3) is 0.235. The molecule has 0 aliphatic carbocycles. The third-order valence-electron chi connectivity index (χ3n) is 3.58. The first-order valence-corrected chi connectivity index (χ1v) is 6.82. The molecule has 0 aromatic heterocycles. The van der Waals surface area contributed by atoms with Gasteiger partial charge in [-0.25, -0.2) is 0 Å². The number of nitrogens with one attached hydrogen (secondary N) is 1. The zero-order valence-electron chi connectivity index (χ0n) is 12.3. The van der Waals surface area contributed by atoms with Crippen molar-refractivity contribution in [1.82, 2.24) is 5.32 Å². The molecule has 21 heavy (non-hydrogen) atoms. The highest BCUT2D eigenvalue weighted by Crippen LogP contribution is 2.22. The zero-order valence-corrected chi connectivity index (χ0v) is 12.3. The van der Waals surface area contributed by atoms with Gasteiger partial charge in [0, 0.05) is 0 Å². The summed E-state index contributed by atoms with van der Waals surface area (Å²) in [4.78, 5) is 11.4. The average Bonchev–Trinajstić information content (AvgIpc) is 2.53. The summed E-state index contributed by atoms with van der Waals surface area (Å²) in [5.41, 5.74) is 6.76. The van der Waals surface area contributed by atoms with E-state index in [-0.39, 0.29) is 6.61 Å². The smallest absolute Gasteiger partial charge is 0.240 e. The molecule has 0 saturated heterocycles. The molecule has 3 N–H and O–H groups in total. The van der Waals surface area contributed by atoms with E-state index in [1.807, 2.05) is 42.5 Å². The largest absolute Gasteiger partial charge is 0.491 e. The molecular weight excluding hydrogens is 264 g/mol. The van der Waals surface area contributed by atoms with E-state index in [1.54, 1.807) is 14.0 Å². The van der Waals surface area contributed by atoms with Crippen LogP contribution >= 0.6 is 0 Å². The summed E-state index contributed by atoms with van der Waals surface area (Å²) in [7, 11) is 1.69. The molecule has 0 aliphatic rings. The average molecular weight is 284 g/mol. The van der Waals surface area contributed by atoms with Crippen molar-refractivity contribution in [3.63, 3.8) is 0 Å². The first kappa shape index (κ1) is 15.1. The van der Waals surface area contributed by atoms with Gasteiger partial charge in [0.1, 0.15) is 17.9 Å². The number of nitrogens with two attached hydrogens (primary N) is 1. The molecule has 0 saturated carbocycles. The van der Waals surface area contributed by atoms with E-state index >= 15 is 0 Å². The van der Waals surface area contributed by atoms with E-state index in [9.17, 15) is 4.79 Å². The van der Waals surface area contributed by atoms with Crippen LogP contribution in [0, 0.1) is 0 Å². The Bertz CT molecular complexity index is 596. The molecule has 0 heterocycles. The van der Waals surface area contributed by atoms with E-state index in [2.05, 4.69) is 17.4 Å². The zero-order chi connectivity index (χ0) is 15.3. The van der Waals surface area contributed by atoms with Crippen molar-refractivity contribution in [2.45, 2.75) is 12.5 Å². The Hall–Kier alpha value is -2.33. The van der Waals surface area contributed by atoms with Gasteiger partial charge in [-0.3, -0.25) is 4.79 Å². The first-order chi connectivity index (χ1) is 10.0. The van der Waals surface area contributed by atoms with Crippen molar-refractivity contribution in [3.8, 4) is 16.9 Å². The molecule has 4 nitrogen and oxygen atoms in total. The Labute approximate surface area is 124 Å². The molecule has 0 bridgehead atoms. The molecular formula is C17H20N2O2. The molecule has 0 aliphatic heterocycles. The standard InChI is InChI=1S/C17H20N2O2/c1-17(19-2,16(18)20)12-21-15-10-8-14(9-11-15)13-6-4-3-5-7-13/h3-11,19H,12H2,1-2H3,(H2,18,20). The summed E-state index contributed by atoms with van der Waals surface area (Å²) < 4.78 is 5.65. The molecule has 4 heteroatoms. The molecule has 0 fully saturated rings. The minimum absolute atomic E-state index is 0.184. The van der Waals surface area contributed by atoms with E-state index in [1.165, 1.54) is 0 Å². The van der Waals surface area contributed by atoms with E-state index < -0.39 is 11.4 Å². The number of primary amides is 1. The van der Waals surface area contributed by atoms with Crippen molar-refractivity contribution < 1.29 is 9.53 Å². The van der Waals surface area contributed by atoms with Crippen LogP contribution in [0.2, 0.25) is 0 Å². The molecule has 0 spiro atoms. The Morgan fingerprint density at radius 3 is 2.19 bits per heavy atom. The number of amides is 1. The van der Waals surface area contributed by atoms with Crippen molar-refractivity contribution in [3.05, 3.63) is 54.6 Å². The van der Waals surface area contributed by atoms with Gasteiger partial charge in [-0.1, -0.05) is 42.5 Å². The van der Waals surface area contributed by atoms with Crippen LogP contribution in [0.5, 0.6) is 5.75 Å². The highest BCUT2D eigenvalue weighted by atomic mass is 16.5. The number of hydrogen-bond donors (Lipinski definition) is 2. The highest BCUT2D eigenvalue weighted by Gasteiger charge is 2.29. The second-order valence-electron chi connectivity index (χ2n) is 5.13. The number of rotatable bonds is 6. The van der Waals surface area contributed by atoms with Crippen LogP contribution in [-0.2, 0) is 4.79 Å². The highest BCUT2D eigenvalue weighted by molar-refractivity contribution is 5.84. The quantitative estimate of drug-likeness (QED) is 0.854. The summed E-state index contributed by atoms with van der Waals surface area (Å²) in [5, 5.41) is 2.89. The number of carbonyl (C=O) groups excluding carboxylic acids is 1. The topological polar surface area (TPSA) is 64.3 Å². The summed E-state index contributed by atoms with van der Waals surface area (Å²) in [6, 6.07) is 17.9. The molecule has 0 radical (unpaired) electrons. The molecule has 1 unspecified atom stereocenters. The predicted octanol–water partition coefficient (Wildman–Crippen LogP) is 2.20. The summed E-state index contributed by atoms with van der Waals surface area (Å²) >= 11 is 0. The number of hydrogen-bond acceptors (Lipinski definition) is 3. The SMILES string of the molecule is CNC(C)(COc1ccc(-c2ccccc2)cc1)C(N)=O. The van der Waals surface area contributed by atoms with E-state index in [0.717, 1.165) is 11.1 Å². The summed E-state index contributed by atoms with van der Waals surface area (Å²) in [5.74, 6) is 0.267. The molecule has 2 aromatic carbocycles. The van der Waals surface area contributed by atoms with Gasteiger partial charge in [0.15, 0.2) is 0 Å². The maximum Gasteiger partial charge on any atom is 0.240 e. The number of ether oxygens (including phenoxy) is 1. The lowest BCUT2D eigenvalue weighted by Gasteiger charge is -2.25. The maximum absolute atomic E-state index is 11.4. The number of likely N-dealkylation sites (N-methyl/N-ethyl adjacent to an activating group) is 1. The third kappa shape index (κ3) is 3.61. The maximum atomic E-state index is 11.4. The number of benzene rings is 2. The number of carbonyl (C=O) groups is 1. The molecule has 2 rings (SSSR count). The fourth-order valence-corrected chi connectivity index (χ4v) is 1.87. The van der Waals surface area contributed by atoms with Gasteiger partial charge in [-0.05, 0) is 37.2 Å². The first-order valence-electron chi connectivity index (χ1n) is 6.82. The van der Waals surface area contributed by atoms with Crippen molar-refractivity contribution in [2.75, 3.05) is 13.7 Å². The van der Waals surface area contributed by atoms with Gasteiger partial charge < -0.3 is 15.8 Å². The Balaban J connectivity index is 2.05. The molecule has 110 valence electrons. The summed E-state index contributed by atoms with van der Waals surface area (Å²) in [6.07, 6.45) is 0. The molecule has 1 atom stereocenters. The minimum Gasteiger partial charge on any atom is -0.491 e. The monoisotopic (exact) mass is 284 g/mol. The van der Waals surface area contributed by atoms with Crippen LogP contribution in [0.3, 0.4) is 0 Å². The van der Waals surface area contributed by atoms with Crippen LogP contribution in [0.25, 0.3) is 11.1 Å². The van der Waals surface area contributed by atoms with Gasteiger partial charge in [0.05, 0.1) is 0 Å². The normalized spacial score (nSPS) is 13.4. The van der Waals surface area contributed by atoms with Crippen LogP contribution in [-0.4, -0.2) is 25.1 Å². The molecule has 2 aromatic rings. The molecule has 1 amide bonds.